The lowest BCUT2D eigenvalue weighted by molar-refractivity contribution is -0.139. The largest absolute Gasteiger partial charge is 0.480 e. The van der Waals surface area contributed by atoms with Crippen molar-refractivity contribution in [1.82, 2.24) is 24.6 Å². The highest BCUT2D eigenvalue weighted by Crippen LogP contribution is 2.40. The molecule has 30 heavy (non-hydrogen) atoms. The summed E-state index contributed by atoms with van der Waals surface area (Å²) < 4.78 is 24.0. The molecule has 1 fully saturated rings. The van der Waals surface area contributed by atoms with Crippen LogP contribution in [0.2, 0.25) is 0 Å². The summed E-state index contributed by atoms with van der Waals surface area (Å²) >= 11 is 3.90. The number of aliphatic hydroxyl groups excluding tert-OH is 2. The van der Waals surface area contributed by atoms with Crippen molar-refractivity contribution in [3.63, 3.8) is 0 Å². The molecule has 6 atom stereocenters. The van der Waals surface area contributed by atoms with Crippen LogP contribution >= 0.6 is 20.4 Å². The first kappa shape index (κ1) is 22.8. The second kappa shape index (κ2) is 9.11. The number of carbonyl (C=O) groups is 1. The first-order valence-electron chi connectivity index (χ1n) is 8.68. The van der Waals surface area contributed by atoms with Crippen LogP contribution in [0.3, 0.4) is 0 Å². The Morgan fingerprint density at radius 1 is 1.40 bits per heavy atom. The zero-order valence-electron chi connectivity index (χ0n) is 15.3. The van der Waals surface area contributed by atoms with Gasteiger partial charge in [0.1, 0.15) is 36.2 Å². The third kappa shape index (κ3) is 4.73. The molecular formula is C14H21N6O8PS. The molecule has 3 heterocycles. The summed E-state index contributed by atoms with van der Waals surface area (Å²) in [7, 11) is -4.55. The highest BCUT2D eigenvalue weighted by molar-refractivity contribution is 7.80. The maximum Gasteiger partial charge on any atom is 0.403 e. The number of anilines is 1. The molecule has 166 valence electrons. The molecule has 1 aliphatic heterocycles. The predicted octanol–water partition coefficient (Wildman–Crippen LogP) is -1.49. The summed E-state index contributed by atoms with van der Waals surface area (Å²) in [6.45, 7) is -0.605. The van der Waals surface area contributed by atoms with Gasteiger partial charge in [-0.1, -0.05) is 0 Å². The van der Waals surface area contributed by atoms with Crippen LogP contribution in [-0.4, -0.2) is 82.4 Å². The molecule has 1 unspecified atom stereocenters. The fourth-order valence-corrected chi connectivity index (χ4v) is 4.25. The molecule has 2 aromatic heterocycles. The average Bonchev–Trinajstić information content (AvgIpc) is 3.23. The summed E-state index contributed by atoms with van der Waals surface area (Å²) in [5.41, 5.74) is 6.25. The molecule has 0 aromatic carbocycles. The molecule has 7 N–H and O–H groups in total. The Labute approximate surface area is 175 Å². The van der Waals surface area contributed by atoms with Gasteiger partial charge in [-0.15, -0.1) is 0 Å². The lowest BCUT2D eigenvalue weighted by atomic mass is 10.1. The fraction of sp³-hybridized carbons (Fsp3) is 0.571. The molecule has 3 rings (SSSR count). The van der Waals surface area contributed by atoms with Gasteiger partial charge in [0, 0.05) is 0 Å². The van der Waals surface area contributed by atoms with Gasteiger partial charge in [-0.3, -0.25) is 13.9 Å². The summed E-state index contributed by atoms with van der Waals surface area (Å²) in [5.74, 6) is -1.06. The number of hydrogen-bond donors (Lipinski definition) is 7. The first-order valence-corrected chi connectivity index (χ1v) is 10.9. The topological polar surface area (TPSA) is 215 Å². The number of fused-ring (bicyclic) bond motifs is 1. The van der Waals surface area contributed by atoms with Gasteiger partial charge in [-0.2, -0.15) is 12.6 Å². The van der Waals surface area contributed by atoms with E-state index in [0.29, 0.717) is 0 Å². The Morgan fingerprint density at radius 2 is 2.13 bits per heavy atom. The van der Waals surface area contributed by atoms with Gasteiger partial charge in [0.15, 0.2) is 17.7 Å². The number of nitrogen functional groups attached to an aromatic ring is 1. The van der Waals surface area contributed by atoms with Crippen LogP contribution in [0.4, 0.5) is 5.82 Å². The number of carboxylic acids is 1. The SMILES string of the molecule is Nc1ncnc2c1ncn2[C@@H]1O[C@H](COP(=O)(O)N[C@@H](CCS)C(=O)O)[C@@H](O)[C@H]1O. The quantitative estimate of drug-likeness (QED) is 0.166. The molecule has 0 bridgehead atoms. The Kier molecular flexibility index (Phi) is 6.94. The minimum atomic E-state index is -4.55. The Balaban J connectivity index is 1.69. The number of aromatic nitrogens is 4. The van der Waals surface area contributed by atoms with E-state index in [1.165, 1.54) is 17.2 Å². The standard InChI is InChI=1S/C14H21N6O8PS/c15-11-8-12(17-4-16-11)20(5-18-8)13-10(22)9(21)7(28-13)3-27-29(25,26)19-6(1-2-30)14(23)24/h4-7,9-10,13,21-22,30H,1-3H2,(H,23,24)(H2,15,16,17)(H2,19,25,26)/t6-,7+,9+,10+,13+/m0/s1. The summed E-state index contributed by atoms with van der Waals surface area (Å²) in [6.07, 6.45) is -2.76. The lowest BCUT2D eigenvalue weighted by Crippen LogP contribution is -2.37. The number of thiol groups is 1. The van der Waals surface area contributed by atoms with Crippen LogP contribution in [0, 0.1) is 0 Å². The van der Waals surface area contributed by atoms with Crippen molar-refractivity contribution in [1.29, 1.82) is 0 Å². The van der Waals surface area contributed by atoms with Gasteiger partial charge in [0.05, 0.1) is 12.9 Å². The highest BCUT2D eigenvalue weighted by Gasteiger charge is 2.45. The van der Waals surface area contributed by atoms with E-state index in [0.717, 1.165) is 0 Å². The van der Waals surface area contributed by atoms with Gasteiger partial charge in [0.2, 0.25) is 0 Å². The monoisotopic (exact) mass is 464 g/mol. The number of carboxylic acid groups (broad SMARTS) is 1. The minimum Gasteiger partial charge on any atom is -0.480 e. The van der Waals surface area contributed by atoms with E-state index in [1.54, 1.807) is 0 Å². The van der Waals surface area contributed by atoms with Gasteiger partial charge in [-0.05, 0) is 12.2 Å². The normalized spacial score (nSPS) is 27.2. The molecule has 2 aromatic rings. The van der Waals surface area contributed by atoms with Crippen molar-refractivity contribution in [3.8, 4) is 0 Å². The van der Waals surface area contributed by atoms with E-state index in [4.69, 9.17) is 20.1 Å². The van der Waals surface area contributed by atoms with E-state index in [1.807, 2.05) is 5.09 Å². The van der Waals surface area contributed by atoms with E-state index >= 15 is 0 Å². The zero-order valence-corrected chi connectivity index (χ0v) is 17.1. The molecule has 0 radical (unpaired) electrons. The Hall–Kier alpha value is -1.84. The molecule has 16 heteroatoms. The van der Waals surface area contributed by atoms with Crippen LogP contribution in [0.15, 0.2) is 12.7 Å². The number of rotatable bonds is 9. The van der Waals surface area contributed by atoms with Crippen molar-refractivity contribution in [2.24, 2.45) is 0 Å². The van der Waals surface area contributed by atoms with Gasteiger partial charge >= 0.3 is 13.7 Å². The second-order valence-corrected chi connectivity index (χ2v) is 8.48. The number of nitrogens with zero attached hydrogens (tertiary/aromatic N) is 4. The van der Waals surface area contributed by atoms with Crippen molar-refractivity contribution in [2.45, 2.75) is 37.0 Å². The third-order valence-electron chi connectivity index (χ3n) is 4.45. The Morgan fingerprint density at radius 3 is 2.80 bits per heavy atom. The summed E-state index contributed by atoms with van der Waals surface area (Å²) in [5, 5.41) is 31.7. The van der Waals surface area contributed by atoms with Crippen LogP contribution in [0.1, 0.15) is 12.6 Å². The lowest BCUT2D eigenvalue weighted by Gasteiger charge is -2.21. The number of nitrogens with two attached hydrogens (primary N) is 1. The first-order chi connectivity index (χ1) is 14.1. The molecule has 14 nitrogen and oxygen atoms in total. The van der Waals surface area contributed by atoms with Crippen molar-refractivity contribution in [2.75, 3.05) is 18.1 Å². The third-order valence-corrected chi connectivity index (χ3v) is 5.84. The number of nitrogens with one attached hydrogen (secondary N) is 1. The number of aliphatic carboxylic acids is 1. The maximum absolute atomic E-state index is 12.2. The van der Waals surface area contributed by atoms with Crippen LogP contribution < -0.4 is 10.8 Å². The molecule has 1 saturated heterocycles. The van der Waals surface area contributed by atoms with E-state index in [2.05, 4.69) is 27.6 Å². The van der Waals surface area contributed by atoms with Crippen LogP contribution in [-0.2, 0) is 18.6 Å². The Bertz CT molecular complexity index is 962. The number of hydrogen-bond acceptors (Lipinski definition) is 11. The summed E-state index contributed by atoms with van der Waals surface area (Å²) in [6, 6.07) is -1.35. The minimum absolute atomic E-state index is 0.0195. The smallest absolute Gasteiger partial charge is 0.403 e. The van der Waals surface area contributed by atoms with E-state index in [-0.39, 0.29) is 29.2 Å². The number of aliphatic hydroxyl groups is 2. The molecule has 0 spiro atoms. The maximum atomic E-state index is 12.2. The molecular weight excluding hydrogens is 443 g/mol. The number of ether oxygens (including phenoxy) is 1. The highest BCUT2D eigenvalue weighted by atomic mass is 32.1. The van der Waals surface area contributed by atoms with Crippen molar-refractivity contribution >= 4 is 43.3 Å². The predicted molar refractivity (Wildman–Crippen MR) is 104 cm³/mol. The van der Waals surface area contributed by atoms with E-state index < -0.39 is 50.9 Å². The molecule has 1 aliphatic rings. The van der Waals surface area contributed by atoms with Crippen molar-refractivity contribution in [3.05, 3.63) is 12.7 Å². The molecule has 0 amide bonds. The second-order valence-electron chi connectivity index (χ2n) is 6.48. The van der Waals surface area contributed by atoms with Gasteiger partial charge in [0.25, 0.3) is 0 Å². The van der Waals surface area contributed by atoms with Crippen molar-refractivity contribution < 1.29 is 38.8 Å². The number of imidazole rings is 1. The van der Waals surface area contributed by atoms with E-state index in [9.17, 15) is 24.5 Å². The molecule has 0 aliphatic carbocycles. The average molecular weight is 464 g/mol. The van der Waals surface area contributed by atoms with Crippen LogP contribution in [0.5, 0.6) is 0 Å². The fourth-order valence-electron chi connectivity index (χ4n) is 2.93. The van der Waals surface area contributed by atoms with Crippen LogP contribution in [0.25, 0.3) is 11.2 Å². The van der Waals surface area contributed by atoms with Gasteiger partial charge < -0.3 is 30.7 Å². The summed E-state index contributed by atoms with van der Waals surface area (Å²) in [4.78, 5) is 32.9. The molecule has 0 saturated carbocycles. The zero-order chi connectivity index (χ0) is 22.1. The van der Waals surface area contributed by atoms with Gasteiger partial charge in [-0.25, -0.2) is 24.6 Å².